The van der Waals surface area contributed by atoms with E-state index in [1.807, 2.05) is 71.1 Å². The molecule has 1 aliphatic heterocycles. The molecule has 3 aromatic carbocycles. The number of carbonyl (C=O) groups is 2. The van der Waals surface area contributed by atoms with E-state index in [0.29, 0.717) is 54.2 Å². The first-order valence-electron chi connectivity index (χ1n) is 22.3. The van der Waals surface area contributed by atoms with Gasteiger partial charge in [-0.2, -0.15) is 0 Å². The molecular formula is C51H60N4O5S2. The van der Waals surface area contributed by atoms with E-state index in [9.17, 15) is 19.8 Å². The molecule has 326 valence electrons. The Hall–Kier alpha value is -4.44. The van der Waals surface area contributed by atoms with Crippen LogP contribution in [-0.2, 0) is 29.8 Å². The maximum atomic E-state index is 14.2. The summed E-state index contributed by atoms with van der Waals surface area (Å²) < 4.78 is 6.17. The quantitative estimate of drug-likeness (QED) is 0.0477. The fourth-order valence-corrected chi connectivity index (χ4v) is 13.4. The van der Waals surface area contributed by atoms with Crippen molar-refractivity contribution in [1.82, 2.24) is 10.3 Å². The largest absolute Gasteiger partial charge is 0.508 e. The summed E-state index contributed by atoms with van der Waals surface area (Å²) in [4.78, 5) is 30.9. The number of H-pyrrole nitrogens is 1. The van der Waals surface area contributed by atoms with Crippen LogP contribution in [-0.4, -0.2) is 52.7 Å². The van der Waals surface area contributed by atoms with E-state index < -0.39 is 12.1 Å². The molecule has 9 nitrogen and oxygen atoms in total. The Morgan fingerprint density at radius 2 is 1.79 bits per heavy atom. The van der Waals surface area contributed by atoms with Gasteiger partial charge in [0.25, 0.3) is 0 Å². The standard InChI is InChI=1S/C51H60N4O5S2/c1-54-22-3-2-6-37-14-18-50-20-21-51(37,31-50)19-15-38(56)11-8-33-10-13-46(58)48(26-33)60-24-17-34-9-12-45(57)43(25-34)42-29-47(59)39-16-23-55-44(39)7-4-5-35-27-41(49(52)53)36(28-40(35)42)30-61-62-32-50/h9-10,12-13,15-16,19,23,25-28,37,42,49,54-55,57-58H,2-3,6-8,11,14,17-18,20-22,24,29-32,52-53H2,1H3. The highest BCUT2D eigenvalue weighted by molar-refractivity contribution is 8.76. The van der Waals surface area contributed by atoms with Gasteiger partial charge in [0.05, 0.1) is 19.2 Å². The third kappa shape index (κ3) is 9.85. The Bertz CT molecular complexity index is 2380. The molecule has 2 saturated carbocycles. The molecule has 0 spiro atoms. The van der Waals surface area contributed by atoms with E-state index >= 15 is 0 Å². The van der Waals surface area contributed by atoms with Crippen molar-refractivity contribution in [2.24, 2.45) is 28.2 Å². The zero-order valence-corrected chi connectivity index (χ0v) is 37.4. The Labute approximate surface area is 374 Å². The zero-order valence-electron chi connectivity index (χ0n) is 35.8. The molecule has 2 heterocycles. The number of fused-ring (bicyclic) bond motifs is 7. The highest BCUT2D eigenvalue weighted by Crippen LogP contribution is 2.64. The predicted molar refractivity (Wildman–Crippen MR) is 251 cm³/mol. The number of aromatic amines is 1. The molecule has 11 heteroatoms. The van der Waals surface area contributed by atoms with Crippen LogP contribution < -0.4 is 21.5 Å². The van der Waals surface area contributed by atoms with Gasteiger partial charge in [0.2, 0.25) is 0 Å². The average Bonchev–Trinajstić information content (AvgIpc) is 3.86. The molecule has 3 aliphatic carbocycles. The maximum Gasteiger partial charge on any atom is 0.165 e. The monoisotopic (exact) mass is 872 g/mol. The van der Waals surface area contributed by atoms with Gasteiger partial charge >= 0.3 is 0 Å². The number of benzene rings is 3. The van der Waals surface area contributed by atoms with E-state index in [1.54, 1.807) is 18.3 Å². The number of aromatic nitrogens is 1. The van der Waals surface area contributed by atoms with Gasteiger partial charge in [-0.05, 0) is 146 Å². The zero-order chi connectivity index (χ0) is 43.3. The lowest BCUT2D eigenvalue weighted by Gasteiger charge is -2.44. The number of ketones is 2. The summed E-state index contributed by atoms with van der Waals surface area (Å²) in [6.45, 7) is 1.28. The number of Topliss-reactive ketones (excluding diaryl/α,β-unsaturated/α-hetero) is 1. The molecule has 4 aliphatic rings. The van der Waals surface area contributed by atoms with Crippen LogP contribution in [0, 0.1) is 28.6 Å². The van der Waals surface area contributed by atoms with Gasteiger partial charge < -0.3 is 36.7 Å². The summed E-state index contributed by atoms with van der Waals surface area (Å²) in [5.74, 6) is 9.05. The Morgan fingerprint density at radius 3 is 2.63 bits per heavy atom. The SMILES string of the molecule is CNCCCCC1CCC23CCC1(C=CC(=O)CCc1ccc(O)c(c1)OCCc1ccc(O)c(c1)C1CC(=O)c4cc[nH]c4CC#Cc4cc(C(N)N)c(cc41)CSSC2)C3. The molecule has 8 rings (SSSR count). The summed E-state index contributed by atoms with van der Waals surface area (Å²) in [6.07, 6.45) is 16.4. The van der Waals surface area contributed by atoms with Crippen molar-refractivity contribution < 1.29 is 24.5 Å². The van der Waals surface area contributed by atoms with E-state index in [2.05, 4.69) is 34.3 Å². The predicted octanol–water partition coefficient (Wildman–Crippen LogP) is 9.19. The van der Waals surface area contributed by atoms with Crippen LogP contribution in [0.2, 0.25) is 0 Å². The number of unbranched alkanes of at least 4 members (excludes halogenated alkanes) is 1. The molecule has 1 aromatic heterocycles. The number of carbonyl (C=O) groups excluding carboxylic acids is 2. The molecule has 4 unspecified atom stereocenters. The number of hydrogen-bond donors (Lipinski definition) is 6. The Morgan fingerprint density at radius 1 is 0.952 bits per heavy atom. The van der Waals surface area contributed by atoms with Crippen molar-refractivity contribution in [2.45, 2.75) is 101 Å². The molecular weight excluding hydrogens is 813 g/mol. The fraction of sp³-hybridized carbons (Fsp3) is 0.451. The second-order valence-electron chi connectivity index (χ2n) is 18.1. The minimum Gasteiger partial charge on any atom is -0.508 e. The number of ether oxygens (including phenoxy) is 1. The van der Waals surface area contributed by atoms with Crippen molar-refractivity contribution in [3.05, 3.63) is 123 Å². The number of phenols is 2. The van der Waals surface area contributed by atoms with Gasteiger partial charge in [-0.3, -0.25) is 9.59 Å². The summed E-state index contributed by atoms with van der Waals surface area (Å²) in [5, 5.41) is 25.6. The topological polar surface area (TPSA) is 164 Å². The van der Waals surface area contributed by atoms with Gasteiger partial charge in [0.1, 0.15) is 5.75 Å². The molecule has 4 atom stereocenters. The van der Waals surface area contributed by atoms with E-state index in [0.717, 1.165) is 77.1 Å². The first kappa shape index (κ1) is 44.2. The number of rotatable bonds is 6. The number of phenolic OH excluding ortho intramolecular Hbond substituents is 2. The van der Waals surface area contributed by atoms with Crippen LogP contribution in [0.1, 0.15) is 131 Å². The molecule has 4 aromatic rings. The summed E-state index contributed by atoms with van der Waals surface area (Å²) in [6, 6.07) is 16.8. The fourth-order valence-electron chi connectivity index (χ4n) is 10.6. The third-order valence-corrected chi connectivity index (χ3v) is 16.5. The lowest BCUT2D eigenvalue weighted by molar-refractivity contribution is -0.114. The normalized spacial score (nSPS) is 24.3. The average molecular weight is 873 g/mol. The lowest BCUT2D eigenvalue weighted by Crippen LogP contribution is -2.35. The lowest BCUT2D eigenvalue weighted by atomic mass is 9.62. The number of allylic oxidation sites excluding steroid dienone is 2. The van der Waals surface area contributed by atoms with Gasteiger partial charge in [0, 0.05) is 65.3 Å². The number of hydrogen-bond acceptors (Lipinski definition) is 10. The molecule has 62 heavy (non-hydrogen) atoms. The molecule has 0 radical (unpaired) electrons. The molecule has 0 saturated heterocycles. The van der Waals surface area contributed by atoms with Crippen LogP contribution in [0.3, 0.4) is 0 Å². The van der Waals surface area contributed by atoms with E-state index in [-0.39, 0.29) is 46.9 Å². The second kappa shape index (κ2) is 19.5. The summed E-state index contributed by atoms with van der Waals surface area (Å²) >= 11 is 0. The van der Waals surface area contributed by atoms with Crippen LogP contribution >= 0.6 is 21.6 Å². The van der Waals surface area contributed by atoms with Crippen LogP contribution in [0.5, 0.6) is 17.2 Å². The van der Waals surface area contributed by atoms with Crippen molar-refractivity contribution in [3.8, 4) is 29.1 Å². The minimum atomic E-state index is -0.729. The minimum absolute atomic E-state index is 0.0221. The summed E-state index contributed by atoms with van der Waals surface area (Å²) in [7, 11) is 5.75. The van der Waals surface area contributed by atoms with Crippen molar-refractivity contribution >= 4 is 33.2 Å². The van der Waals surface area contributed by atoms with Crippen molar-refractivity contribution in [2.75, 3.05) is 26.0 Å². The number of nitrogens with one attached hydrogen (secondary N) is 2. The van der Waals surface area contributed by atoms with Gasteiger partial charge in [-0.1, -0.05) is 70.2 Å². The Kier molecular flexibility index (Phi) is 13.9. The van der Waals surface area contributed by atoms with E-state index in [4.69, 9.17) is 16.2 Å². The van der Waals surface area contributed by atoms with Crippen LogP contribution in [0.15, 0.2) is 72.9 Å². The van der Waals surface area contributed by atoms with Crippen LogP contribution in [0.4, 0.5) is 0 Å². The maximum absolute atomic E-state index is 14.2. The number of aryl methyl sites for hydroxylation is 1. The molecule has 8 N–H and O–H groups in total. The van der Waals surface area contributed by atoms with Crippen LogP contribution in [0.25, 0.3) is 0 Å². The summed E-state index contributed by atoms with van der Waals surface area (Å²) in [5.41, 5.74) is 20.5. The molecule has 0 amide bonds. The highest BCUT2D eigenvalue weighted by Gasteiger charge is 2.53. The highest BCUT2D eigenvalue weighted by atomic mass is 33.1. The first-order valence-corrected chi connectivity index (χ1v) is 24.8. The third-order valence-electron chi connectivity index (χ3n) is 14.0. The number of aromatic hydroxyl groups is 2. The number of nitrogens with two attached hydrogens (primary N) is 2. The van der Waals surface area contributed by atoms with Gasteiger partial charge in [0.15, 0.2) is 23.1 Å². The molecule has 8 bridgehead atoms. The second-order valence-corrected chi connectivity index (χ2v) is 20.5. The van der Waals surface area contributed by atoms with Crippen molar-refractivity contribution in [3.63, 3.8) is 0 Å². The van der Waals surface area contributed by atoms with Gasteiger partial charge in [-0.15, -0.1) is 0 Å². The molecule has 2 fully saturated rings. The smallest absolute Gasteiger partial charge is 0.165 e. The first-order chi connectivity index (χ1) is 30.0. The van der Waals surface area contributed by atoms with Crippen molar-refractivity contribution in [1.29, 1.82) is 0 Å². The van der Waals surface area contributed by atoms with E-state index in [1.165, 1.54) is 25.7 Å². The Balaban J connectivity index is 1.16. The van der Waals surface area contributed by atoms with Gasteiger partial charge in [-0.25, -0.2) is 0 Å².